The molecule has 16 heavy (non-hydrogen) atoms. The molecule has 0 heterocycles. The topological polar surface area (TPSA) is 35.2 Å². The summed E-state index contributed by atoms with van der Waals surface area (Å²) in [5, 5.41) is 0. The molecule has 0 saturated carbocycles. The lowest BCUT2D eigenvalue weighted by molar-refractivity contribution is -0.137. The van der Waals surface area contributed by atoms with Gasteiger partial charge in [-0.15, -0.1) is 0 Å². The molecule has 0 fully saturated rings. The van der Waals surface area contributed by atoms with Gasteiger partial charge in [-0.3, -0.25) is 0 Å². The SMILES string of the molecule is Nc1cc(Br)c(OC(F)F)cc1C(F)(F)F. The van der Waals surface area contributed by atoms with Crippen molar-refractivity contribution in [3.05, 3.63) is 22.2 Å². The van der Waals surface area contributed by atoms with Crippen LogP contribution in [0.1, 0.15) is 5.56 Å². The first kappa shape index (κ1) is 13.0. The van der Waals surface area contributed by atoms with Gasteiger partial charge < -0.3 is 10.5 Å². The van der Waals surface area contributed by atoms with E-state index in [9.17, 15) is 22.0 Å². The zero-order chi connectivity index (χ0) is 12.5. The molecule has 8 heteroatoms. The Morgan fingerprint density at radius 2 is 1.81 bits per heavy atom. The summed E-state index contributed by atoms with van der Waals surface area (Å²) in [5.41, 5.74) is 3.33. The monoisotopic (exact) mass is 305 g/mol. The van der Waals surface area contributed by atoms with Crippen LogP contribution in [0.15, 0.2) is 16.6 Å². The van der Waals surface area contributed by atoms with Crippen LogP contribution in [-0.4, -0.2) is 6.61 Å². The number of alkyl halides is 5. The highest BCUT2D eigenvalue weighted by molar-refractivity contribution is 9.10. The van der Waals surface area contributed by atoms with E-state index in [0.717, 1.165) is 6.07 Å². The number of nitrogen functional groups attached to an aromatic ring is 1. The number of ether oxygens (including phenoxy) is 1. The largest absolute Gasteiger partial charge is 0.434 e. The minimum absolute atomic E-state index is 0.0710. The third-order valence-electron chi connectivity index (χ3n) is 1.63. The molecule has 0 aromatic heterocycles. The van der Waals surface area contributed by atoms with Crippen LogP contribution in [0.4, 0.5) is 27.6 Å². The predicted octanol–water partition coefficient (Wildman–Crippen LogP) is 3.65. The van der Waals surface area contributed by atoms with Gasteiger partial charge in [0, 0.05) is 5.69 Å². The summed E-state index contributed by atoms with van der Waals surface area (Å²) >= 11 is 2.77. The van der Waals surface area contributed by atoms with E-state index in [-0.39, 0.29) is 4.47 Å². The molecule has 0 bridgehead atoms. The molecule has 0 radical (unpaired) electrons. The van der Waals surface area contributed by atoms with E-state index in [1.54, 1.807) is 0 Å². The Labute approximate surface area is 95.3 Å². The van der Waals surface area contributed by atoms with Crippen molar-refractivity contribution in [3.63, 3.8) is 0 Å². The van der Waals surface area contributed by atoms with E-state index in [2.05, 4.69) is 20.7 Å². The first-order valence-electron chi connectivity index (χ1n) is 3.83. The molecule has 0 spiro atoms. The Bertz CT molecular complexity index is 393. The lowest BCUT2D eigenvalue weighted by Crippen LogP contribution is -2.11. The van der Waals surface area contributed by atoms with Gasteiger partial charge >= 0.3 is 12.8 Å². The van der Waals surface area contributed by atoms with E-state index in [1.807, 2.05) is 0 Å². The number of benzene rings is 1. The Balaban J connectivity index is 3.22. The molecule has 0 aliphatic heterocycles. The third-order valence-corrected chi connectivity index (χ3v) is 2.25. The Kier molecular flexibility index (Phi) is 3.61. The summed E-state index contributed by atoms with van der Waals surface area (Å²) in [6.07, 6.45) is -4.72. The molecular formula is C8H5BrF5NO. The standard InChI is InChI=1S/C8H5BrF5NO/c9-4-2-5(15)3(8(12,13)14)1-6(4)16-7(10)11/h1-2,7H,15H2. The Morgan fingerprint density at radius 1 is 1.25 bits per heavy atom. The first-order chi connectivity index (χ1) is 7.21. The van der Waals surface area contributed by atoms with Gasteiger partial charge in [-0.25, -0.2) is 0 Å². The highest BCUT2D eigenvalue weighted by Gasteiger charge is 2.34. The van der Waals surface area contributed by atoms with Crippen molar-refractivity contribution in [1.82, 2.24) is 0 Å². The summed E-state index contributed by atoms with van der Waals surface area (Å²) < 4.78 is 64.7. The van der Waals surface area contributed by atoms with Gasteiger partial charge in [0.05, 0.1) is 10.0 Å². The summed E-state index contributed by atoms with van der Waals surface area (Å²) in [7, 11) is 0. The van der Waals surface area contributed by atoms with Crippen LogP contribution in [0.2, 0.25) is 0 Å². The predicted molar refractivity (Wildman–Crippen MR) is 50.2 cm³/mol. The van der Waals surface area contributed by atoms with Gasteiger partial charge in [0.15, 0.2) is 0 Å². The molecule has 2 N–H and O–H groups in total. The summed E-state index contributed by atoms with van der Waals surface area (Å²) in [6.45, 7) is -3.21. The maximum atomic E-state index is 12.4. The summed E-state index contributed by atoms with van der Waals surface area (Å²) in [6, 6.07) is 1.28. The smallest absolute Gasteiger partial charge is 0.418 e. The van der Waals surface area contributed by atoms with Gasteiger partial charge in [0.1, 0.15) is 5.75 Å². The Morgan fingerprint density at radius 3 is 2.25 bits per heavy atom. The first-order valence-corrected chi connectivity index (χ1v) is 4.62. The molecule has 0 amide bonds. The van der Waals surface area contributed by atoms with E-state index in [4.69, 9.17) is 5.73 Å². The minimum atomic E-state index is -4.72. The normalized spacial score (nSPS) is 11.9. The molecule has 0 unspecified atom stereocenters. The highest BCUT2D eigenvalue weighted by Crippen LogP contribution is 2.39. The van der Waals surface area contributed by atoms with E-state index < -0.39 is 29.8 Å². The zero-order valence-corrected chi connectivity index (χ0v) is 9.07. The van der Waals surface area contributed by atoms with Crippen molar-refractivity contribution < 1.29 is 26.7 Å². The molecule has 1 rings (SSSR count). The van der Waals surface area contributed by atoms with Gasteiger partial charge in [-0.05, 0) is 28.1 Å². The molecule has 2 nitrogen and oxygen atoms in total. The van der Waals surface area contributed by atoms with Crippen LogP contribution in [0, 0.1) is 0 Å². The average molecular weight is 306 g/mol. The fourth-order valence-electron chi connectivity index (χ4n) is 1.00. The van der Waals surface area contributed by atoms with Crippen LogP contribution in [0.5, 0.6) is 5.75 Å². The van der Waals surface area contributed by atoms with Crippen LogP contribution in [0.3, 0.4) is 0 Å². The number of nitrogens with two attached hydrogens (primary N) is 1. The third kappa shape index (κ3) is 2.97. The number of anilines is 1. The van der Waals surface area contributed by atoms with Crippen LogP contribution < -0.4 is 10.5 Å². The number of halogens is 6. The van der Waals surface area contributed by atoms with Crippen molar-refractivity contribution in [2.24, 2.45) is 0 Å². The fraction of sp³-hybridized carbons (Fsp3) is 0.250. The van der Waals surface area contributed by atoms with Crippen LogP contribution >= 0.6 is 15.9 Å². The molecule has 0 aliphatic carbocycles. The molecule has 90 valence electrons. The van der Waals surface area contributed by atoms with Crippen LogP contribution in [-0.2, 0) is 6.18 Å². The lowest BCUT2D eigenvalue weighted by Gasteiger charge is -2.13. The van der Waals surface area contributed by atoms with Crippen molar-refractivity contribution in [2.45, 2.75) is 12.8 Å². The second kappa shape index (κ2) is 4.44. The summed E-state index contributed by atoms with van der Waals surface area (Å²) in [5.74, 6) is -0.614. The molecule has 0 saturated heterocycles. The number of hydrogen-bond donors (Lipinski definition) is 1. The zero-order valence-electron chi connectivity index (χ0n) is 7.49. The number of hydrogen-bond acceptors (Lipinski definition) is 2. The molecule has 1 aromatic rings. The van der Waals surface area contributed by atoms with Crippen molar-refractivity contribution >= 4 is 21.6 Å². The maximum Gasteiger partial charge on any atom is 0.418 e. The van der Waals surface area contributed by atoms with Gasteiger partial charge in [-0.1, -0.05) is 0 Å². The fourth-order valence-corrected chi connectivity index (χ4v) is 1.46. The molecular weight excluding hydrogens is 301 g/mol. The second-order valence-electron chi connectivity index (χ2n) is 2.75. The van der Waals surface area contributed by atoms with Gasteiger partial charge in [0.2, 0.25) is 0 Å². The van der Waals surface area contributed by atoms with E-state index >= 15 is 0 Å². The van der Waals surface area contributed by atoms with Crippen LogP contribution in [0.25, 0.3) is 0 Å². The lowest BCUT2D eigenvalue weighted by atomic mass is 10.1. The molecule has 0 atom stereocenters. The molecule has 0 aliphatic rings. The summed E-state index contributed by atoms with van der Waals surface area (Å²) in [4.78, 5) is 0. The quantitative estimate of drug-likeness (QED) is 0.668. The number of rotatable bonds is 2. The average Bonchev–Trinajstić information content (AvgIpc) is 2.06. The molecule has 1 aromatic carbocycles. The van der Waals surface area contributed by atoms with Crippen molar-refractivity contribution in [1.29, 1.82) is 0 Å². The van der Waals surface area contributed by atoms with Gasteiger partial charge in [0.25, 0.3) is 0 Å². The minimum Gasteiger partial charge on any atom is -0.434 e. The van der Waals surface area contributed by atoms with Crippen molar-refractivity contribution in [2.75, 3.05) is 5.73 Å². The second-order valence-corrected chi connectivity index (χ2v) is 3.60. The Hall–Kier alpha value is -1.05. The van der Waals surface area contributed by atoms with Crippen molar-refractivity contribution in [3.8, 4) is 5.75 Å². The highest BCUT2D eigenvalue weighted by atomic mass is 79.9. The van der Waals surface area contributed by atoms with E-state index in [0.29, 0.717) is 6.07 Å². The van der Waals surface area contributed by atoms with Gasteiger partial charge in [-0.2, -0.15) is 22.0 Å². The maximum absolute atomic E-state index is 12.4. The van der Waals surface area contributed by atoms with E-state index in [1.165, 1.54) is 0 Å².